The number of rotatable bonds is 1. The van der Waals surface area contributed by atoms with Gasteiger partial charge in [0, 0.05) is 23.2 Å². The fraction of sp³-hybridized carbons (Fsp3) is 0.400. The second-order valence-corrected chi connectivity index (χ2v) is 4.63. The van der Waals surface area contributed by atoms with Crippen molar-refractivity contribution in [3.63, 3.8) is 0 Å². The van der Waals surface area contributed by atoms with Crippen LogP contribution in [0.4, 0.5) is 18.9 Å². The lowest BCUT2D eigenvalue weighted by molar-refractivity contribution is -0.137. The van der Waals surface area contributed by atoms with Crippen LogP contribution >= 0.6 is 15.9 Å². The highest BCUT2D eigenvalue weighted by Crippen LogP contribution is 2.39. The molecule has 1 heterocycles. The van der Waals surface area contributed by atoms with E-state index < -0.39 is 17.8 Å². The van der Waals surface area contributed by atoms with E-state index in [1.165, 1.54) is 11.0 Å². The summed E-state index contributed by atoms with van der Waals surface area (Å²) in [4.78, 5) is 1.51. The molecule has 1 N–H and O–H groups in total. The first-order valence-corrected chi connectivity index (χ1v) is 5.47. The summed E-state index contributed by atoms with van der Waals surface area (Å²) in [5.41, 5.74) is -0.547. The van der Waals surface area contributed by atoms with Gasteiger partial charge in [0.1, 0.15) is 0 Å². The van der Waals surface area contributed by atoms with Crippen LogP contribution in [0.1, 0.15) is 5.56 Å². The van der Waals surface area contributed by atoms with Crippen molar-refractivity contribution in [3.8, 4) is 0 Å². The van der Waals surface area contributed by atoms with E-state index in [1.54, 1.807) is 6.07 Å². The number of hydrogen-bond acceptors (Lipinski definition) is 2. The highest BCUT2D eigenvalue weighted by atomic mass is 79.9. The van der Waals surface area contributed by atoms with Crippen LogP contribution in [-0.4, -0.2) is 24.3 Å². The van der Waals surface area contributed by atoms with Gasteiger partial charge in [-0.3, -0.25) is 0 Å². The molecule has 1 aliphatic rings. The fourth-order valence-corrected chi connectivity index (χ4v) is 2.02. The Morgan fingerprint density at radius 2 is 1.94 bits per heavy atom. The summed E-state index contributed by atoms with van der Waals surface area (Å²) < 4.78 is 38.6. The van der Waals surface area contributed by atoms with Crippen molar-refractivity contribution >= 4 is 21.6 Å². The molecule has 0 radical (unpaired) electrons. The van der Waals surface area contributed by atoms with Crippen LogP contribution in [0.3, 0.4) is 0 Å². The van der Waals surface area contributed by atoms with Crippen LogP contribution in [0.25, 0.3) is 0 Å². The van der Waals surface area contributed by atoms with E-state index >= 15 is 0 Å². The number of nitrogens with zero attached hydrogens (tertiary/aromatic N) is 1. The van der Waals surface area contributed by atoms with Gasteiger partial charge in [-0.05, 0) is 18.2 Å². The van der Waals surface area contributed by atoms with Gasteiger partial charge in [0.2, 0.25) is 0 Å². The molecule has 2 nitrogen and oxygen atoms in total. The molecule has 0 atom stereocenters. The number of alkyl halides is 3. The number of anilines is 1. The zero-order valence-electron chi connectivity index (χ0n) is 8.13. The van der Waals surface area contributed by atoms with Crippen molar-refractivity contribution in [1.82, 2.24) is 0 Å². The summed E-state index contributed by atoms with van der Waals surface area (Å²) in [7, 11) is 0. The predicted octanol–water partition coefficient (Wildman–Crippen LogP) is 2.65. The Kier molecular flexibility index (Phi) is 2.88. The zero-order chi connectivity index (χ0) is 11.9. The van der Waals surface area contributed by atoms with Crippen molar-refractivity contribution in [2.45, 2.75) is 12.3 Å². The van der Waals surface area contributed by atoms with Crippen molar-refractivity contribution < 1.29 is 18.3 Å². The summed E-state index contributed by atoms with van der Waals surface area (Å²) in [5.74, 6) is 0. The Labute approximate surface area is 98.8 Å². The minimum atomic E-state index is -4.38. The standard InChI is InChI=1S/C10H9BrF3NO/c11-6-1-2-9(15-4-7(16)5-15)8(3-6)10(12,13)14/h1-3,7,16H,4-5H2. The lowest BCUT2D eigenvalue weighted by Crippen LogP contribution is -2.51. The maximum Gasteiger partial charge on any atom is 0.418 e. The molecule has 1 aromatic carbocycles. The SMILES string of the molecule is OC1CN(c2ccc(Br)cc2C(F)(F)F)C1. The molecule has 0 unspecified atom stereocenters. The third-order valence-electron chi connectivity index (χ3n) is 2.47. The van der Waals surface area contributed by atoms with E-state index in [4.69, 9.17) is 5.11 Å². The summed E-state index contributed by atoms with van der Waals surface area (Å²) in [6.07, 6.45) is -4.90. The Morgan fingerprint density at radius 3 is 2.44 bits per heavy atom. The second-order valence-electron chi connectivity index (χ2n) is 3.72. The maximum atomic E-state index is 12.7. The van der Waals surface area contributed by atoms with Gasteiger partial charge in [-0.2, -0.15) is 13.2 Å². The molecule has 2 rings (SSSR count). The Balaban J connectivity index is 2.37. The van der Waals surface area contributed by atoms with Crippen LogP contribution in [0.5, 0.6) is 0 Å². The molecule has 0 spiro atoms. The Hall–Kier alpha value is -0.750. The number of benzene rings is 1. The maximum absolute atomic E-state index is 12.7. The molecule has 1 aromatic rings. The summed E-state index contributed by atoms with van der Waals surface area (Å²) in [5, 5.41) is 9.10. The average Bonchev–Trinajstić information content (AvgIpc) is 2.12. The molecule has 6 heteroatoms. The van der Waals surface area contributed by atoms with Gasteiger partial charge in [0.05, 0.1) is 11.7 Å². The van der Waals surface area contributed by atoms with E-state index in [-0.39, 0.29) is 18.8 Å². The number of halogens is 4. The molecule has 0 aliphatic carbocycles. The molecule has 0 aromatic heterocycles. The van der Waals surface area contributed by atoms with Crippen LogP contribution < -0.4 is 4.90 Å². The largest absolute Gasteiger partial charge is 0.418 e. The molecule has 0 bridgehead atoms. The third-order valence-corrected chi connectivity index (χ3v) is 2.96. The number of aliphatic hydroxyl groups is 1. The fourth-order valence-electron chi connectivity index (χ4n) is 1.66. The van der Waals surface area contributed by atoms with Gasteiger partial charge in [-0.15, -0.1) is 0 Å². The van der Waals surface area contributed by atoms with E-state index in [9.17, 15) is 13.2 Å². The highest BCUT2D eigenvalue weighted by molar-refractivity contribution is 9.10. The summed E-state index contributed by atoms with van der Waals surface area (Å²) in [6.45, 7) is 0.509. The van der Waals surface area contributed by atoms with Crippen molar-refractivity contribution in [3.05, 3.63) is 28.2 Å². The second kappa shape index (κ2) is 3.92. The lowest BCUT2D eigenvalue weighted by Gasteiger charge is -2.39. The summed E-state index contributed by atoms with van der Waals surface area (Å²) in [6, 6.07) is 4.04. The monoisotopic (exact) mass is 295 g/mol. The molecule has 16 heavy (non-hydrogen) atoms. The quantitative estimate of drug-likeness (QED) is 0.861. The van der Waals surface area contributed by atoms with Crippen LogP contribution in [0.2, 0.25) is 0 Å². The van der Waals surface area contributed by atoms with Gasteiger partial charge in [-0.25, -0.2) is 0 Å². The minimum Gasteiger partial charge on any atom is -0.389 e. The van der Waals surface area contributed by atoms with Gasteiger partial charge in [-0.1, -0.05) is 15.9 Å². The van der Waals surface area contributed by atoms with E-state index in [1.807, 2.05) is 0 Å². The van der Waals surface area contributed by atoms with Crippen LogP contribution in [-0.2, 0) is 6.18 Å². The molecular formula is C10H9BrF3NO. The van der Waals surface area contributed by atoms with Gasteiger partial charge in [0.25, 0.3) is 0 Å². The molecule has 0 amide bonds. The number of aliphatic hydroxyl groups excluding tert-OH is 1. The van der Waals surface area contributed by atoms with E-state index in [0.717, 1.165) is 6.07 Å². The summed E-state index contributed by atoms with van der Waals surface area (Å²) >= 11 is 3.02. The third kappa shape index (κ3) is 2.17. The lowest BCUT2D eigenvalue weighted by atomic mass is 10.1. The van der Waals surface area contributed by atoms with E-state index in [2.05, 4.69) is 15.9 Å². The van der Waals surface area contributed by atoms with Gasteiger partial charge in [0.15, 0.2) is 0 Å². The number of hydrogen-bond donors (Lipinski definition) is 1. The van der Waals surface area contributed by atoms with E-state index in [0.29, 0.717) is 4.47 Å². The normalized spacial score (nSPS) is 17.4. The van der Waals surface area contributed by atoms with Crippen LogP contribution in [0.15, 0.2) is 22.7 Å². The molecule has 88 valence electrons. The zero-order valence-corrected chi connectivity index (χ0v) is 9.72. The van der Waals surface area contributed by atoms with Crippen molar-refractivity contribution in [2.75, 3.05) is 18.0 Å². The predicted molar refractivity (Wildman–Crippen MR) is 57.4 cm³/mol. The first-order chi connectivity index (χ1) is 7.38. The minimum absolute atomic E-state index is 0.126. The highest BCUT2D eigenvalue weighted by Gasteiger charge is 2.37. The Morgan fingerprint density at radius 1 is 1.31 bits per heavy atom. The van der Waals surface area contributed by atoms with Gasteiger partial charge >= 0.3 is 6.18 Å². The Bertz CT molecular complexity index is 402. The molecule has 1 fully saturated rings. The van der Waals surface area contributed by atoms with Crippen molar-refractivity contribution in [2.24, 2.45) is 0 Å². The van der Waals surface area contributed by atoms with Gasteiger partial charge < -0.3 is 10.0 Å². The topological polar surface area (TPSA) is 23.5 Å². The first-order valence-electron chi connectivity index (χ1n) is 4.67. The van der Waals surface area contributed by atoms with Crippen LogP contribution in [0, 0.1) is 0 Å². The molecular weight excluding hydrogens is 287 g/mol. The molecule has 1 saturated heterocycles. The average molecular weight is 296 g/mol. The molecule has 0 saturated carbocycles. The van der Waals surface area contributed by atoms with Crippen molar-refractivity contribution in [1.29, 1.82) is 0 Å². The number of β-amino-alcohol motifs (C(OH)–C–C–N with tert-alkyl or cyclic N) is 1. The molecule has 1 aliphatic heterocycles. The first kappa shape index (κ1) is 11.7. The smallest absolute Gasteiger partial charge is 0.389 e.